The lowest BCUT2D eigenvalue weighted by Crippen LogP contribution is -2.27. The number of phenols is 2. The van der Waals surface area contributed by atoms with Crippen LogP contribution in [0.5, 0.6) is 11.5 Å². The number of carbonyl (C=O) groups is 2. The third kappa shape index (κ3) is 3.64. The van der Waals surface area contributed by atoms with Gasteiger partial charge in [-0.15, -0.1) is 0 Å². The summed E-state index contributed by atoms with van der Waals surface area (Å²) in [6, 6.07) is 2.08. The highest BCUT2D eigenvalue weighted by Crippen LogP contribution is 2.34. The van der Waals surface area contributed by atoms with Gasteiger partial charge in [0.2, 0.25) is 5.78 Å². The third-order valence-corrected chi connectivity index (χ3v) is 2.03. The zero-order chi connectivity index (χ0) is 13.6. The Morgan fingerprint density at radius 3 is 2.18 bits per heavy atom. The second kappa shape index (κ2) is 6.75. The second-order valence-electron chi connectivity index (χ2n) is 2.73. The Bertz CT molecular complexity index is 408. The first-order valence-electron chi connectivity index (χ1n) is 4.95. The van der Waals surface area contributed by atoms with Gasteiger partial charge >= 0.3 is 0 Å². The van der Waals surface area contributed by atoms with E-state index in [4.69, 9.17) is 21.8 Å². The number of amides is 1. The Morgan fingerprint density at radius 1 is 1.24 bits per heavy atom. The number of hydrogen-bond acceptors (Lipinski definition) is 4. The molecule has 0 fully saturated rings. The summed E-state index contributed by atoms with van der Waals surface area (Å²) >= 11 is 5.52. The van der Waals surface area contributed by atoms with Crippen molar-refractivity contribution in [1.82, 2.24) is 5.32 Å². The largest absolute Gasteiger partial charge is 0.504 e. The summed E-state index contributed by atoms with van der Waals surface area (Å²) in [5, 5.41) is 20.2. The van der Waals surface area contributed by atoms with E-state index in [1.807, 2.05) is 13.8 Å². The molecule has 0 spiro atoms. The quantitative estimate of drug-likeness (QED) is 0.429. The molecule has 6 heteroatoms. The fraction of sp³-hybridized carbons (Fsp3) is 0.273. The van der Waals surface area contributed by atoms with Gasteiger partial charge in [-0.25, -0.2) is 0 Å². The molecule has 1 aromatic rings. The van der Waals surface area contributed by atoms with Gasteiger partial charge in [0.15, 0.2) is 11.5 Å². The number of likely N-dealkylation sites (N-methyl/N-ethyl adjacent to an activating group) is 1. The van der Waals surface area contributed by atoms with E-state index in [2.05, 4.69) is 5.32 Å². The summed E-state index contributed by atoms with van der Waals surface area (Å²) in [6.45, 7) is 4.00. The van der Waals surface area contributed by atoms with Crippen LogP contribution >= 0.6 is 11.6 Å². The second-order valence-corrected chi connectivity index (χ2v) is 3.14. The summed E-state index contributed by atoms with van der Waals surface area (Å²) in [4.78, 5) is 22.3. The van der Waals surface area contributed by atoms with Crippen molar-refractivity contribution in [2.24, 2.45) is 0 Å². The zero-order valence-corrected chi connectivity index (χ0v) is 10.5. The average Bonchev–Trinajstić information content (AvgIpc) is 2.35. The smallest absolute Gasteiger partial charge is 0.292 e. The minimum absolute atomic E-state index is 0.0883. The minimum atomic E-state index is -0.838. The van der Waals surface area contributed by atoms with E-state index < -0.39 is 23.2 Å². The van der Waals surface area contributed by atoms with E-state index in [1.54, 1.807) is 0 Å². The summed E-state index contributed by atoms with van der Waals surface area (Å²) in [5.74, 6) is -2.73. The van der Waals surface area contributed by atoms with Crippen LogP contribution < -0.4 is 5.32 Å². The van der Waals surface area contributed by atoms with Crippen molar-refractivity contribution in [3.8, 4) is 11.5 Å². The Morgan fingerprint density at radius 2 is 1.76 bits per heavy atom. The van der Waals surface area contributed by atoms with E-state index in [0.29, 0.717) is 0 Å². The summed E-state index contributed by atoms with van der Waals surface area (Å²) in [7, 11) is 1.31. The highest BCUT2D eigenvalue weighted by Gasteiger charge is 2.18. The Kier molecular flexibility index (Phi) is 6.06. The first kappa shape index (κ1) is 15.2. The first-order chi connectivity index (χ1) is 7.97. The average molecular weight is 260 g/mol. The maximum absolute atomic E-state index is 11.3. The van der Waals surface area contributed by atoms with Crippen LogP contribution in [0.15, 0.2) is 12.1 Å². The molecule has 17 heavy (non-hydrogen) atoms. The molecule has 0 aromatic heterocycles. The Balaban J connectivity index is 0.00000121. The standard InChI is InChI=1S/C9H8ClNO4.C2H6/c1-11-9(15)7(13)4-2-5(10)8(14)6(12)3-4;1-2/h2-3,12,14H,1H3,(H,11,15);1-2H3. The predicted molar refractivity (Wildman–Crippen MR) is 64.5 cm³/mol. The number of hydrogen-bond donors (Lipinski definition) is 3. The van der Waals surface area contributed by atoms with Gasteiger partial charge < -0.3 is 15.5 Å². The Labute approximate surface area is 104 Å². The molecule has 0 bridgehead atoms. The molecule has 0 aliphatic rings. The lowest BCUT2D eigenvalue weighted by Gasteiger charge is -2.03. The first-order valence-corrected chi connectivity index (χ1v) is 5.33. The maximum atomic E-state index is 11.3. The van der Waals surface area contributed by atoms with Gasteiger partial charge in [-0.1, -0.05) is 25.4 Å². The number of aromatic hydroxyl groups is 2. The SMILES string of the molecule is CC.CNC(=O)C(=O)c1cc(O)c(O)c(Cl)c1. The van der Waals surface area contributed by atoms with Gasteiger partial charge in [-0.3, -0.25) is 9.59 Å². The molecule has 5 nitrogen and oxygen atoms in total. The van der Waals surface area contributed by atoms with E-state index in [-0.39, 0.29) is 10.6 Å². The van der Waals surface area contributed by atoms with Crippen molar-refractivity contribution in [3.63, 3.8) is 0 Å². The molecule has 0 aliphatic carbocycles. The van der Waals surface area contributed by atoms with Crippen LogP contribution in [0.25, 0.3) is 0 Å². The number of carbonyl (C=O) groups excluding carboxylic acids is 2. The molecule has 94 valence electrons. The number of benzene rings is 1. The van der Waals surface area contributed by atoms with E-state index in [1.165, 1.54) is 7.05 Å². The number of phenolic OH excluding ortho intramolecular Hbond substituents is 2. The Hall–Kier alpha value is -1.75. The van der Waals surface area contributed by atoms with Crippen LogP contribution in [-0.4, -0.2) is 29.0 Å². The van der Waals surface area contributed by atoms with E-state index in [0.717, 1.165) is 12.1 Å². The summed E-state index contributed by atoms with van der Waals surface area (Å²) < 4.78 is 0. The van der Waals surface area contributed by atoms with Crippen molar-refractivity contribution in [2.75, 3.05) is 7.05 Å². The van der Waals surface area contributed by atoms with Crippen LogP contribution in [0.1, 0.15) is 24.2 Å². The fourth-order valence-electron chi connectivity index (χ4n) is 0.960. The van der Waals surface area contributed by atoms with Gasteiger partial charge in [0.25, 0.3) is 5.91 Å². The molecule has 0 saturated heterocycles. The van der Waals surface area contributed by atoms with Gasteiger partial charge in [0.1, 0.15) is 0 Å². The van der Waals surface area contributed by atoms with E-state index >= 15 is 0 Å². The van der Waals surface area contributed by atoms with Gasteiger partial charge in [0.05, 0.1) is 5.02 Å². The van der Waals surface area contributed by atoms with Gasteiger partial charge in [-0.2, -0.15) is 0 Å². The van der Waals surface area contributed by atoms with Gasteiger partial charge in [-0.05, 0) is 12.1 Å². The summed E-state index contributed by atoms with van der Waals surface area (Å²) in [6.07, 6.45) is 0. The predicted octanol–water partition coefficient (Wildman–Crippen LogP) is 1.71. The fourth-order valence-corrected chi connectivity index (χ4v) is 1.17. The summed E-state index contributed by atoms with van der Waals surface area (Å²) in [5.41, 5.74) is -0.0883. The molecule has 0 saturated carbocycles. The van der Waals surface area contributed by atoms with Crippen LogP contribution in [0, 0.1) is 0 Å². The van der Waals surface area contributed by atoms with Crippen molar-refractivity contribution in [2.45, 2.75) is 13.8 Å². The number of rotatable bonds is 2. The number of ketones is 1. The molecule has 0 aliphatic heterocycles. The molecule has 1 rings (SSSR count). The maximum Gasteiger partial charge on any atom is 0.292 e. The van der Waals surface area contributed by atoms with Crippen molar-refractivity contribution >= 4 is 23.3 Å². The van der Waals surface area contributed by atoms with Crippen molar-refractivity contribution in [1.29, 1.82) is 0 Å². The highest BCUT2D eigenvalue weighted by atomic mass is 35.5. The molecular weight excluding hydrogens is 246 g/mol. The van der Waals surface area contributed by atoms with Crippen LogP contribution in [0.2, 0.25) is 5.02 Å². The topological polar surface area (TPSA) is 86.6 Å². The minimum Gasteiger partial charge on any atom is -0.504 e. The lowest BCUT2D eigenvalue weighted by atomic mass is 10.1. The molecule has 0 atom stereocenters. The van der Waals surface area contributed by atoms with Crippen LogP contribution in [-0.2, 0) is 4.79 Å². The van der Waals surface area contributed by atoms with Crippen molar-refractivity contribution < 1.29 is 19.8 Å². The molecule has 1 aromatic carbocycles. The van der Waals surface area contributed by atoms with Crippen molar-refractivity contribution in [3.05, 3.63) is 22.7 Å². The highest BCUT2D eigenvalue weighted by molar-refractivity contribution is 6.43. The zero-order valence-electron chi connectivity index (χ0n) is 9.74. The molecule has 3 N–H and O–H groups in total. The van der Waals surface area contributed by atoms with Crippen LogP contribution in [0.3, 0.4) is 0 Å². The lowest BCUT2D eigenvalue weighted by molar-refractivity contribution is -0.116. The molecule has 1 amide bonds. The number of halogens is 1. The third-order valence-electron chi connectivity index (χ3n) is 1.74. The normalized spacial score (nSPS) is 8.94. The molecule has 0 radical (unpaired) electrons. The molecule has 0 heterocycles. The van der Waals surface area contributed by atoms with Crippen LogP contribution in [0.4, 0.5) is 0 Å². The molecule has 0 unspecified atom stereocenters. The van der Waals surface area contributed by atoms with E-state index in [9.17, 15) is 9.59 Å². The number of nitrogens with one attached hydrogen (secondary N) is 1. The molecular formula is C11H14ClNO4. The number of Topliss-reactive ketones (excluding diaryl/α,β-unsaturated/α-hetero) is 1. The monoisotopic (exact) mass is 259 g/mol. The van der Waals surface area contributed by atoms with Gasteiger partial charge in [0, 0.05) is 12.6 Å².